The third-order valence-corrected chi connectivity index (χ3v) is 3.27. The average Bonchev–Trinajstić information content (AvgIpc) is 2.61. The van der Waals surface area contributed by atoms with Crippen molar-refractivity contribution in [2.24, 2.45) is 5.73 Å². The molecule has 0 bridgehead atoms. The summed E-state index contributed by atoms with van der Waals surface area (Å²) < 4.78 is 41.0. The SMILES string of the molecule is COC(=O)[C@@H](N)Cc1ccccc1.O=C(O)c1ccccc1C(F)(F)F. The second kappa shape index (κ2) is 9.57. The monoisotopic (exact) mass is 369 g/mol. The lowest BCUT2D eigenvalue weighted by atomic mass is 10.1. The van der Waals surface area contributed by atoms with Crippen molar-refractivity contribution in [1.29, 1.82) is 0 Å². The van der Waals surface area contributed by atoms with Crippen LogP contribution in [0, 0.1) is 0 Å². The zero-order chi connectivity index (χ0) is 19.7. The van der Waals surface area contributed by atoms with Crippen molar-refractivity contribution in [2.45, 2.75) is 18.6 Å². The molecule has 0 aromatic heterocycles. The molecule has 0 amide bonds. The van der Waals surface area contributed by atoms with E-state index in [1.54, 1.807) is 0 Å². The number of carbonyl (C=O) groups excluding carboxylic acids is 1. The summed E-state index contributed by atoms with van der Waals surface area (Å²) in [6, 6.07) is 13.1. The summed E-state index contributed by atoms with van der Waals surface area (Å²) in [6.07, 6.45) is -4.09. The van der Waals surface area contributed by atoms with E-state index in [-0.39, 0.29) is 5.97 Å². The minimum absolute atomic E-state index is 0.371. The molecule has 0 heterocycles. The first-order valence-corrected chi connectivity index (χ1v) is 7.43. The Balaban J connectivity index is 0.000000260. The normalized spacial score (nSPS) is 11.7. The van der Waals surface area contributed by atoms with Gasteiger partial charge in [-0.05, 0) is 24.1 Å². The van der Waals surface area contributed by atoms with Crippen LogP contribution in [0.3, 0.4) is 0 Å². The molecule has 0 saturated heterocycles. The molecule has 0 aliphatic carbocycles. The molecule has 26 heavy (non-hydrogen) atoms. The molecular weight excluding hydrogens is 351 g/mol. The lowest BCUT2D eigenvalue weighted by molar-refractivity contribution is -0.142. The first-order valence-electron chi connectivity index (χ1n) is 7.43. The molecular formula is C18H18F3NO4. The Morgan fingerprint density at radius 1 is 1.08 bits per heavy atom. The molecule has 0 aliphatic rings. The molecule has 5 nitrogen and oxygen atoms in total. The van der Waals surface area contributed by atoms with Crippen LogP contribution in [0.2, 0.25) is 0 Å². The molecule has 0 spiro atoms. The van der Waals surface area contributed by atoms with Crippen LogP contribution in [0.25, 0.3) is 0 Å². The van der Waals surface area contributed by atoms with Crippen molar-refractivity contribution in [3.8, 4) is 0 Å². The smallest absolute Gasteiger partial charge is 0.417 e. The van der Waals surface area contributed by atoms with Crippen LogP contribution in [-0.4, -0.2) is 30.2 Å². The van der Waals surface area contributed by atoms with Gasteiger partial charge in [0, 0.05) is 0 Å². The minimum Gasteiger partial charge on any atom is -0.478 e. The summed E-state index contributed by atoms with van der Waals surface area (Å²) in [7, 11) is 1.34. The van der Waals surface area contributed by atoms with E-state index in [9.17, 15) is 22.8 Å². The zero-order valence-electron chi connectivity index (χ0n) is 13.9. The van der Waals surface area contributed by atoms with Crippen LogP contribution in [0.5, 0.6) is 0 Å². The number of aromatic carboxylic acids is 1. The van der Waals surface area contributed by atoms with Crippen LogP contribution in [0.4, 0.5) is 13.2 Å². The molecule has 0 saturated carbocycles. The molecule has 0 unspecified atom stereocenters. The van der Waals surface area contributed by atoms with E-state index in [4.69, 9.17) is 10.8 Å². The minimum atomic E-state index is -4.62. The summed E-state index contributed by atoms with van der Waals surface area (Å²) in [5, 5.41) is 8.43. The molecule has 3 N–H and O–H groups in total. The van der Waals surface area contributed by atoms with E-state index in [0.29, 0.717) is 6.42 Å². The number of benzene rings is 2. The Labute approximate surface area is 148 Å². The predicted molar refractivity (Wildman–Crippen MR) is 88.5 cm³/mol. The first kappa shape index (κ1) is 21.2. The highest BCUT2D eigenvalue weighted by Crippen LogP contribution is 2.31. The summed E-state index contributed by atoms with van der Waals surface area (Å²) in [5.41, 5.74) is 4.78. The molecule has 2 rings (SSSR count). The van der Waals surface area contributed by atoms with Gasteiger partial charge >= 0.3 is 18.1 Å². The van der Waals surface area contributed by atoms with Gasteiger partial charge in [-0.25, -0.2) is 4.79 Å². The first-order chi connectivity index (χ1) is 12.2. The van der Waals surface area contributed by atoms with Gasteiger partial charge < -0.3 is 15.6 Å². The van der Waals surface area contributed by atoms with Crippen LogP contribution in [-0.2, 0) is 22.1 Å². The van der Waals surface area contributed by atoms with Crippen LogP contribution >= 0.6 is 0 Å². The summed E-state index contributed by atoms with van der Waals surface area (Å²) in [4.78, 5) is 21.3. The van der Waals surface area contributed by atoms with Gasteiger partial charge in [-0.15, -0.1) is 0 Å². The van der Waals surface area contributed by atoms with Crippen LogP contribution in [0.15, 0.2) is 54.6 Å². The highest BCUT2D eigenvalue weighted by atomic mass is 19.4. The molecule has 140 valence electrons. The molecule has 0 fully saturated rings. The topological polar surface area (TPSA) is 89.6 Å². The van der Waals surface area contributed by atoms with Gasteiger partial charge in [-0.3, -0.25) is 4.79 Å². The quantitative estimate of drug-likeness (QED) is 0.808. The van der Waals surface area contributed by atoms with Gasteiger partial charge in [0.25, 0.3) is 0 Å². The summed E-state index contributed by atoms with van der Waals surface area (Å²) in [6.45, 7) is 0. The highest BCUT2D eigenvalue weighted by molar-refractivity contribution is 5.89. The van der Waals surface area contributed by atoms with Crippen molar-refractivity contribution < 1.29 is 32.6 Å². The lowest BCUT2D eigenvalue weighted by Crippen LogP contribution is -2.33. The Morgan fingerprint density at radius 2 is 1.62 bits per heavy atom. The fourth-order valence-electron chi connectivity index (χ4n) is 2.02. The number of esters is 1. The Hall–Kier alpha value is -2.87. The van der Waals surface area contributed by atoms with Gasteiger partial charge in [0.15, 0.2) is 0 Å². The number of carboxylic acids is 1. The fraction of sp³-hybridized carbons (Fsp3) is 0.222. The second-order valence-corrected chi connectivity index (χ2v) is 5.17. The average molecular weight is 369 g/mol. The van der Waals surface area contributed by atoms with Crippen molar-refractivity contribution in [2.75, 3.05) is 7.11 Å². The molecule has 0 aliphatic heterocycles. The zero-order valence-corrected chi connectivity index (χ0v) is 13.9. The van der Waals surface area contributed by atoms with E-state index < -0.39 is 29.3 Å². The number of carbonyl (C=O) groups is 2. The Bertz CT molecular complexity index is 733. The fourth-order valence-corrected chi connectivity index (χ4v) is 2.02. The summed E-state index contributed by atoms with van der Waals surface area (Å²) in [5.74, 6) is -1.95. The van der Waals surface area contributed by atoms with Crippen molar-refractivity contribution in [1.82, 2.24) is 0 Å². The number of carboxylic acid groups (broad SMARTS) is 1. The number of nitrogens with two attached hydrogens (primary N) is 1. The van der Waals surface area contributed by atoms with Crippen LogP contribution < -0.4 is 5.73 Å². The molecule has 0 radical (unpaired) electrons. The molecule has 2 aromatic carbocycles. The van der Waals surface area contributed by atoms with Gasteiger partial charge in [-0.2, -0.15) is 13.2 Å². The van der Waals surface area contributed by atoms with Gasteiger partial charge in [0.05, 0.1) is 18.2 Å². The third-order valence-electron chi connectivity index (χ3n) is 3.27. The predicted octanol–water partition coefficient (Wildman–Crippen LogP) is 3.13. The highest BCUT2D eigenvalue weighted by Gasteiger charge is 2.34. The Morgan fingerprint density at radius 3 is 2.08 bits per heavy atom. The van der Waals surface area contributed by atoms with E-state index in [1.807, 2.05) is 30.3 Å². The number of rotatable bonds is 4. The summed E-state index contributed by atoms with van der Waals surface area (Å²) >= 11 is 0. The number of halogens is 3. The number of hydrogen-bond acceptors (Lipinski definition) is 4. The van der Waals surface area contributed by atoms with Gasteiger partial charge in [0.2, 0.25) is 0 Å². The van der Waals surface area contributed by atoms with E-state index in [0.717, 1.165) is 23.8 Å². The van der Waals surface area contributed by atoms with E-state index in [1.165, 1.54) is 13.2 Å². The number of ether oxygens (including phenoxy) is 1. The number of hydrogen-bond donors (Lipinski definition) is 2. The molecule has 1 atom stereocenters. The van der Waals surface area contributed by atoms with Crippen molar-refractivity contribution in [3.63, 3.8) is 0 Å². The maximum absolute atomic E-state index is 12.1. The van der Waals surface area contributed by atoms with Crippen molar-refractivity contribution >= 4 is 11.9 Å². The van der Waals surface area contributed by atoms with E-state index >= 15 is 0 Å². The maximum atomic E-state index is 12.1. The third kappa shape index (κ3) is 6.56. The second-order valence-electron chi connectivity index (χ2n) is 5.17. The van der Waals surface area contributed by atoms with Crippen LogP contribution in [0.1, 0.15) is 21.5 Å². The van der Waals surface area contributed by atoms with E-state index in [2.05, 4.69) is 4.74 Å². The lowest BCUT2D eigenvalue weighted by Gasteiger charge is -2.08. The maximum Gasteiger partial charge on any atom is 0.417 e. The standard InChI is InChI=1S/C10H13NO2.C8H5F3O2/c1-13-10(12)9(11)7-8-5-3-2-4-6-8;9-8(10,11)6-4-2-1-3-5(6)7(12)13/h2-6,9H,7,11H2,1H3;1-4H,(H,12,13)/t9-;/m0./s1. The number of alkyl halides is 3. The number of methoxy groups -OCH3 is 1. The van der Waals surface area contributed by atoms with Gasteiger partial charge in [0.1, 0.15) is 6.04 Å². The largest absolute Gasteiger partial charge is 0.478 e. The van der Waals surface area contributed by atoms with Crippen molar-refractivity contribution in [3.05, 3.63) is 71.3 Å². The molecule has 8 heteroatoms. The molecule has 2 aromatic rings. The van der Waals surface area contributed by atoms with Gasteiger partial charge in [-0.1, -0.05) is 42.5 Å². The Kier molecular flexibility index (Phi) is 7.79.